The van der Waals surface area contributed by atoms with Gasteiger partial charge in [0.25, 0.3) is 5.91 Å². The van der Waals surface area contributed by atoms with Crippen LogP contribution in [-0.4, -0.2) is 86.0 Å². The molecule has 0 unspecified atom stereocenters. The molecule has 0 aromatic carbocycles. The lowest BCUT2D eigenvalue weighted by atomic mass is 9.93. The molecule has 13 heteroatoms. The van der Waals surface area contributed by atoms with E-state index in [1.807, 2.05) is 44.4 Å². The summed E-state index contributed by atoms with van der Waals surface area (Å²) >= 11 is 1.54. The molecule has 9 nitrogen and oxygen atoms in total. The molecule has 0 aliphatic carbocycles. The number of nitrogens with zero attached hydrogens (tertiary/aromatic N) is 6. The number of likely N-dealkylation sites (N-methyl/N-ethyl adjacent to an activating group) is 1. The molecule has 5 rings (SSSR count). The number of carbonyl (C=O) groups is 1. The van der Waals surface area contributed by atoms with Gasteiger partial charge in [-0.25, -0.2) is 14.5 Å². The van der Waals surface area contributed by atoms with Crippen molar-refractivity contribution in [3.05, 3.63) is 53.7 Å². The Morgan fingerprint density at radius 3 is 2.60 bits per heavy atom. The number of fused-ring (bicyclic) bond motifs is 1. The maximum absolute atomic E-state index is 13.3. The average Bonchev–Trinajstić information content (AvgIpc) is 3.59. The summed E-state index contributed by atoms with van der Waals surface area (Å²) in [7, 11) is 0. The number of aliphatic hydroxyl groups is 1. The molecule has 5 heterocycles. The molecule has 4 aromatic rings. The number of amides is 1. The fraction of sp³-hybridized carbons (Fsp3) is 0.407. The Bertz CT molecular complexity index is 1500. The largest absolute Gasteiger partial charge is 0.420 e. The molecule has 0 saturated carbocycles. The van der Waals surface area contributed by atoms with Crippen molar-refractivity contribution in [1.29, 1.82) is 0 Å². The normalized spacial score (nSPS) is 15.8. The average molecular weight is 574 g/mol. The van der Waals surface area contributed by atoms with E-state index < -0.39 is 24.9 Å². The van der Waals surface area contributed by atoms with Crippen molar-refractivity contribution in [3.8, 4) is 21.8 Å². The summed E-state index contributed by atoms with van der Waals surface area (Å²) in [6, 6.07) is 8.85. The van der Waals surface area contributed by atoms with Gasteiger partial charge in [-0.15, -0.1) is 11.3 Å². The van der Waals surface area contributed by atoms with Gasteiger partial charge in [-0.3, -0.25) is 9.69 Å². The van der Waals surface area contributed by atoms with Crippen LogP contribution in [0.2, 0.25) is 0 Å². The molecule has 4 aromatic heterocycles. The second kappa shape index (κ2) is 10.8. The highest BCUT2D eigenvalue weighted by Gasteiger charge is 2.61. The smallest absolute Gasteiger partial charge is 0.378 e. The summed E-state index contributed by atoms with van der Waals surface area (Å²) < 4.78 is 41.6. The first kappa shape index (κ1) is 28.0. The van der Waals surface area contributed by atoms with Gasteiger partial charge in [0.15, 0.2) is 11.2 Å². The van der Waals surface area contributed by atoms with Crippen molar-refractivity contribution in [1.82, 2.24) is 29.8 Å². The van der Waals surface area contributed by atoms with Crippen LogP contribution in [0.15, 0.2) is 48.1 Å². The number of aromatic nitrogens is 4. The lowest BCUT2D eigenvalue weighted by Crippen LogP contribution is -2.69. The van der Waals surface area contributed by atoms with E-state index >= 15 is 0 Å². The van der Waals surface area contributed by atoms with Gasteiger partial charge in [0.1, 0.15) is 5.82 Å². The van der Waals surface area contributed by atoms with Gasteiger partial charge >= 0.3 is 6.18 Å². The van der Waals surface area contributed by atoms with Crippen molar-refractivity contribution >= 4 is 28.7 Å². The van der Waals surface area contributed by atoms with Crippen LogP contribution in [0.4, 0.5) is 19.0 Å². The summed E-state index contributed by atoms with van der Waals surface area (Å²) in [5, 5.41) is 19.3. The number of anilines is 1. The number of hydrogen-bond donors (Lipinski definition) is 2. The zero-order valence-electron chi connectivity index (χ0n) is 22.3. The quantitative estimate of drug-likeness (QED) is 0.311. The van der Waals surface area contributed by atoms with E-state index in [2.05, 4.69) is 20.3 Å². The van der Waals surface area contributed by atoms with Crippen molar-refractivity contribution in [2.45, 2.75) is 38.6 Å². The first-order valence-electron chi connectivity index (χ1n) is 13.0. The van der Waals surface area contributed by atoms with Crippen molar-refractivity contribution in [2.75, 3.05) is 37.6 Å². The van der Waals surface area contributed by atoms with E-state index in [4.69, 9.17) is 4.98 Å². The predicted octanol–water partition coefficient (Wildman–Crippen LogP) is 4.09. The molecular formula is C27H30F3N7O2S. The van der Waals surface area contributed by atoms with Gasteiger partial charge < -0.3 is 15.3 Å². The third kappa shape index (κ3) is 5.28. The molecule has 0 radical (unpaired) electrons. The lowest BCUT2D eigenvalue weighted by Gasteiger charge is -2.47. The summed E-state index contributed by atoms with van der Waals surface area (Å²) in [5.41, 5.74) is -0.490. The van der Waals surface area contributed by atoms with Crippen molar-refractivity contribution in [2.24, 2.45) is 0 Å². The van der Waals surface area contributed by atoms with E-state index in [0.717, 1.165) is 23.7 Å². The van der Waals surface area contributed by atoms with Gasteiger partial charge in [0.05, 0.1) is 41.1 Å². The van der Waals surface area contributed by atoms with Gasteiger partial charge in [-0.05, 0) is 49.7 Å². The predicted molar refractivity (Wildman–Crippen MR) is 147 cm³/mol. The number of pyridine rings is 1. The molecule has 1 saturated heterocycles. The van der Waals surface area contributed by atoms with Crippen LogP contribution < -0.4 is 10.2 Å². The summed E-state index contributed by atoms with van der Waals surface area (Å²) in [4.78, 5) is 27.1. The Morgan fingerprint density at radius 1 is 1.20 bits per heavy atom. The van der Waals surface area contributed by atoms with Crippen LogP contribution in [0, 0.1) is 0 Å². The number of carbonyl (C=O) groups excluding carboxylic acids is 1. The van der Waals surface area contributed by atoms with Gasteiger partial charge in [-0.2, -0.15) is 18.3 Å². The fourth-order valence-electron chi connectivity index (χ4n) is 4.80. The number of thiophene rings is 1. The van der Waals surface area contributed by atoms with E-state index in [-0.39, 0.29) is 23.3 Å². The second-order valence-electron chi connectivity index (χ2n) is 9.88. The minimum Gasteiger partial charge on any atom is -0.378 e. The minimum atomic E-state index is -4.77. The standard InChI is InChI=1S/C27H30F3N7O2S/c1-4-35(5-2)17(3)13-31-25(38)18-11-21(33-23(12-18)36-15-26(39,16-36)27(28,29)30)19-14-32-37-9-8-20(34-24(19)37)22-7-6-10-40-22/h6-12,14,17,39H,4-5,13,15-16H2,1-3H3,(H,31,38)/t17-/m0/s1. The third-order valence-electron chi connectivity index (χ3n) is 7.24. The number of β-amino-alcohol motifs (C(OH)–C–C–N with tert-alkyl or cyclic N) is 1. The zero-order valence-corrected chi connectivity index (χ0v) is 23.1. The van der Waals surface area contributed by atoms with E-state index in [1.54, 1.807) is 34.3 Å². The SMILES string of the molecule is CCN(CC)[C@@H](C)CNC(=O)c1cc(-c2cnn3ccc(-c4cccs4)nc23)nc(N2CC(O)(C(F)(F)F)C2)c1. The molecule has 1 amide bonds. The maximum Gasteiger partial charge on any atom is 0.420 e. The van der Waals surface area contributed by atoms with Crippen LogP contribution in [0.5, 0.6) is 0 Å². The molecule has 0 spiro atoms. The molecule has 1 atom stereocenters. The van der Waals surface area contributed by atoms with Crippen LogP contribution in [-0.2, 0) is 0 Å². The number of alkyl halides is 3. The highest BCUT2D eigenvalue weighted by atomic mass is 32.1. The summed E-state index contributed by atoms with van der Waals surface area (Å²) in [6.45, 7) is 6.83. The first-order chi connectivity index (χ1) is 19.0. The Balaban J connectivity index is 1.51. The molecule has 1 aliphatic rings. The van der Waals surface area contributed by atoms with Crippen molar-refractivity contribution < 1.29 is 23.1 Å². The van der Waals surface area contributed by atoms with Crippen LogP contribution >= 0.6 is 11.3 Å². The van der Waals surface area contributed by atoms with E-state index in [0.29, 0.717) is 23.4 Å². The number of rotatable bonds is 9. The Labute approximate surface area is 233 Å². The zero-order chi connectivity index (χ0) is 28.7. The van der Waals surface area contributed by atoms with Crippen LogP contribution in [0.3, 0.4) is 0 Å². The molecule has 1 aliphatic heterocycles. The minimum absolute atomic E-state index is 0.0939. The molecule has 1 fully saturated rings. The van der Waals surface area contributed by atoms with Gasteiger partial charge in [-0.1, -0.05) is 19.9 Å². The number of halogens is 3. The van der Waals surface area contributed by atoms with Gasteiger partial charge in [0.2, 0.25) is 0 Å². The van der Waals surface area contributed by atoms with Crippen LogP contribution in [0.25, 0.3) is 27.5 Å². The highest BCUT2D eigenvalue weighted by Crippen LogP contribution is 2.40. The van der Waals surface area contributed by atoms with E-state index in [1.165, 1.54) is 11.0 Å². The summed E-state index contributed by atoms with van der Waals surface area (Å²) in [5.74, 6) is -0.221. The molecule has 2 N–H and O–H groups in total. The molecule has 212 valence electrons. The first-order valence-corrected chi connectivity index (χ1v) is 13.9. The molecule has 40 heavy (non-hydrogen) atoms. The highest BCUT2D eigenvalue weighted by molar-refractivity contribution is 7.13. The maximum atomic E-state index is 13.3. The Kier molecular flexibility index (Phi) is 7.55. The number of nitrogens with one attached hydrogen (secondary N) is 1. The summed E-state index contributed by atoms with van der Waals surface area (Å²) in [6.07, 6.45) is -1.43. The Morgan fingerprint density at radius 2 is 1.95 bits per heavy atom. The third-order valence-corrected chi connectivity index (χ3v) is 8.14. The van der Waals surface area contributed by atoms with Gasteiger partial charge in [0, 0.05) is 24.3 Å². The van der Waals surface area contributed by atoms with Crippen molar-refractivity contribution in [3.63, 3.8) is 0 Å². The Hall–Kier alpha value is -3.55. The topological polar surface area (TPSA) is 98.9 Å². The van der Waals surface area contributed by atoms with Crippen LogP contribution in [0.1, 0.15) is 31.1 Å². The van der Waals surface area contributed by atoms with E-state index in [9.17, 15) is 23.1 Å². The number of hydrogen-bond acceptors (Lipinski definition) is 8. The molecular weight excluding hydrogens is 543 g/mol. The molecule has 0 bridgehead atoms. The lowest BCUT2D eigenvalue weighted by molar-refractivity contribution is -0.267. The fourth-order valence-corrected chi connectivity index (χ4v) is 5.50. The second-order valence-corrected chi connectivity index (χ2v) is 10.8. The monoisotopic (exact) mass is 573 g/mol.